The molecule has 0 bridgehead atoms. The zero-order chi connectivity index (χ0) is 13.1. The van der Waals surface area contributed by atoms with Gasteiger partial charge in [-0.1, -0.05) is 0 Å². The minimum Gasteiger partial charge on any atom is -0.307 e. The lowest BCUT2D eigenvalue weighted by Gasteiger charge is -2.09. The monoisotopic (exact) mass is 251 g/mol. The summed E-state index contributed by atoms with van der Waals surface area (Å²) in [6.45, 7) is -1.34. The van der Waals surface area contributed by atoms with Crippen LogP contribution in [0.25, 0.3) is 0 Å². The molecule has 0 atom stereocenters. The maximum Gasteiger partial charge on any atom is 0.401 e. The number of alkyl halides is 3. The predicted octanol–water partition coefficient (Wildman–Crippen LogP) is -0.301. The Bertz CT molecular complexity index is 489. The summed E-state index contributed by atoms with van der Waals surface area (Å²) in [5.74, 6) is 0. The summed E-state index contributed by atoms with van der Waals surface area (Å²) in [6, 6.07) is 1.19. The van der Waals surface area contributed by atoms with E-state index in [2.05, 4.69) is 5.32 Å². The van der Waals surface area contributed by atoms with E-state index in [1.54, 1.807) is 0 Å². The number of rotatable bonds is 4. The van der Waals surface area contributed by atoms with Crippen LogP contribution >= 0.6 is 0 Å². The van der Waals surface area contributed by atoms with Crippen molar-refractivity contribution in [1.82, 2.24) is 14.5 Å². The van der Waals surface area contributed by atoms with Gasteiger partial charge in [-0.05, 0) is 0 Å². The fourth-order valence-corrected chi connectivity index (χ4v) is 1.24. The van der Waals surface area contributed by atoms with Crippen LogP contribution in [0.1, 0.15) is 0 Å². The molecule has 96 valence electrons. The van der Waals surface area contributed by atoms with Crippen molar-refractivity contribution >= 4 is 0 Å². The van der Waals surface area contributed by atoms with Gasteiger partial charge in [0.05, 0.1) is 6.54 Å². The van der Waals surface area contributed by atoms with E-state index in [9.17, 15) is 22.8 Å². The van der Waals surface area contributed by atoms with E-state index in [0.29, 0.717) is 0 Å². The van der Waals surface area contributed by atoms with Crippen LogP contribution in [-0.2, 0) is 13.6 Å². The molecule has 1 N–H and O–H groups in total. The van der Waals surface area contributed by atoms with E-state index >= 15 is 0 Å². The average Bonchev–Trinajstić information content (AvgIpc) is 2.21. The summed E-state index contributed by atoms with van der Waals surface area (Å²) in [5, 5.41) is 2.11. The van der Waals surface area contributed by atoms with Crippen LogP contribution in [0.3, 0.4) is 0 Å². The van der Waals surface area contributed by atoms with Gasteiger partial charge in [-0.15, -0.1) is 0 Å². The summed E-state index contributed by atoms with van der Waals surface area (Å²) in [4.78, 5) is 22.7. The third-order valence-electron chi connectivity index (χ3n) is 2.08. The largest absolute Gasteiger partial charge is 0.401 e. The third kappa shape index (κ3) is 4.06. The zero-order valence-corrected chi connectivity index (χ0v) is 9.12. The second-order valence-corrected chi connectivity index (χ2v) is 3.49. The zero-order valence-electron chi connectivity index (χ0n) is 9.12. The van der Waals surface area contributed by atoms with E-state index in [1.165, 1.54) is 23.9 Å². The second kappa shape index (κ2) is 5.17. The highest BCUT2D eigenvalue weighted by molar-refractivity contribution is 4.85. The van der Waals surface area contributed by atoms with Crippen LogP contribution in [0, 0.1) is 0 Å². The number of nitrogens with one attached hydrogen (secondary N) is 1. The van der Waals surface area contributed by atoms with Crippen molar-refractivity contribution in [3.63, 3.8) is 0 Å². The highest BCUT2D eigenvalue weighted by atomic mass is 19.4. The summed E-state index contributed by atoms with van der Waals surface area (Å²) in [7, 11) is 1.46. The quantitative estimate of drug-likeness (QED) is 0.747. The fourth-order valence-electron chi connectivity index (χ4n) is 1.24. The number of hydrogen-bond acceptors (Lipinski definition) is 3. The summed E-state index contributed by atoms with van der Waals surface area (Å²) < 4.78 is 37.5. The predicted molar refractivity (Wildman–Crippen MR) is 54.9 cm³/mol. The van der Waals surface area contributed by atoms with E-state index < -0.39 is 24.0 Å². The highest BCUT2D eigenvalue weighted by Gasteiger charge is 2.25. The Balaban J connectivity index is 2.62. The minimum absolute atomic E-state index is 0.0948. The Labute approximate surface area is 94.5 Å². The van der Waals surface area contributed by atoms with Crippen molar-refractivity contribution < 1.29 is 13.2 Å². The molecule has 0 aromatic carbocycles. The second-order valence-electron chi connectivity index (χ2n) is 3.49. The first-order valence-electron chi connectivity index (χ1n) is 4.85. The van der Waals surface area contributed by atoms with Crippen molar-refractivity contribution in [1.29, 1.82) is 0 Å². The minimum atomic E-state index is -4.30. The molecule has 0 amide bonds. The molecule has 1 rings (SSSR count). The van der Waals surface area contributed by atoms with Gasteiger partial charge in [0.2, 0.25) is 0 Å². The molecule has 0 saturated heterocycles. The molecule has 1 aromatic rings. The van der Waals surface area contributed by atoms with Crippen molar-refractivity contribution in [2.24, 2.45) is 7.05 Å². The molecule has 17 heavy (non-hydrogen) atoms. The molecule has 1 heterocycles. The van der Waals surface area contributed by atoms with Crippen LogP contribution in [0.2, 0.25) is 0 Å². The van der Waals surface area contributed by atoms with E-state index in [1.807, 2.05) is 0 Å². The van der Waals surface area contributed by atoms with Crippen LogP contribution < -0.4 is 16.6 Å². The van der Waals surface area contributed by atoms with Crippen LogP contribution in [0.15, 0.2) is 21.9 Å². The first-order chi connectivity index (χ1) is 7.81. The topological polar surface area (TPSA) is 56.0 Å². The molecule has 1 aromatic heterocycles. The third-order valence-corrected chi connectivity index (χ3v) is 2.08. The molecular weight excluding hydrogens is 239 g/mol. The first-order valence-corrected chi connectivity index (χ1v) is 4.85. The van der Waals surface area contributed by atoms with Gasteiger partial charge in [-0.25, -0.2) is 4.79 Å². The number of nitrogens with zero attached hydrogens (tertiary/aromatic N) is 2. The molecular formula is C9H12F3N3O2. The highest BCUT2D eigenvalue weighted by Crippen LogP contribution is 2.11. The molecule has 0 saturated carbocycles. The van der Waals surface area contributed by atoms with Crippen molar-refractivity contribution in [3.8, 4) is 0 Å². The SMILES string of the molecule is Cn1ccc(=O)n(CCNCC(F)(F)F)c1=O. The van der Waals surface area contributed by atoms with Gasteiger partial charge in [0.15, 0.2) is 0 Å². The molecule has 0 radical (unpaired) electrons. The Morgan fingerprint density at radius 3 is 2.59 bits per heavy atom. The Morgan fingerprint density at radius 1 is 1.35 bits per heavy atom. The number of aryl methyl sites for hydroxylation is 1. The number of halogens is 3. The van der Waals surface area contributed by atoms with Crippen molar-refractivity contribution in [2.75, 3.05) is 13.1 Å². The average molecular weight is 251 g/mol. The molecule has 8 heteroatoms. The summed E-state index contributed by atoms with van der Waals surface area (Å²) in [5.41, 5.74) is -1.08. The van der Waals surface area contributed by atoms with Gasteiger partial charge in [-0.2, -0.15) is 13.2 Å². The fraction of sp³-hybridized carbons (Fsp3) is 0.556. The molecule has 0 unspecified atom stereocenters. The lowest BCUT2D eigenvalue weighted by molar-refractivity contribution is -0.124. The standard InChI is InChI=1S/C9H12F3N3O2/c1-14-4-2-7(16)15(8(14)17)5-3-13-6-9(10,11)12/h2,4,13H,3,5-6H2,1H3. The van der Waals surface area contributed by atoms with Gasteiger partial charge >= 0.3 is 11.9 Å². The first kappa shape index (κ1) is 13.5. The van der Waals surface area contributed by atoms with Gasteiger partial charge in [0.25, 0.3) is 5.56 Å². The van der Waals surface area contributed by atoms with Gasteiger partial charge < -0.3 is 9.88 Å². The van der Waals surface area contributed by atoms with Crippen molar-refractivity contribution in [2.45, 2.75) is 12.7 Å². The molecule has 5 nitrogen and oxygen atoms in total. The van der Waals surface area contributed by atoms with Gasteiger partial charge in [0, 0.05) is 32.4 Å². The van der Waals surface area contributed by atoms with Crippen LogP contribution in [0.5, 0.6) is 0 Å². The molecule has 0 fully saturated rings. The molecule has 0 aliphatic heterocycles. The van der Waals surface area contributed by atoms with Gasteiger partial charge in [0.1, 0.15) is 0 Å². The van der Waals surface area contributed by atoms with Crippen LogP contribution in [0.4, 0.5) is 13.2 Å². The lowest BCUT2D eigenvalue weighted by Crippen LogP contribution is -2.41. The van der Waals surface area contributed by atoms with E-state index in [0.717, 1.165) is 4.57 Å². The van der Waals surface area contributed by atoms with E-state index in [-0.39, 0.29) is 13.1 Å². The lowest BCUT2D eigenvalue weighted by atomic mass is 10.5. The Kier molecular flexibility index (Phi) is 4.11. The normalized spacial score (nSPS) is 11.8. The summed E-state index contributed by atoms with van der Waals surface area (Å²) in [6.07, 6.45) is -2.99. The number of hydrogen-bond donors (Lipinski definition) is 1. The molecule has 0 aliphatic carbocycles. The van der Waals surface area contributed by atoms with Crippen molar-refractivity contribution in [3.05, 3.63) is 33.1 Å². The smallest absolute Gasteiger partial charge is 0.307 e. The molecule has 0 spiro atoms. The Hall–Kier alpha value is -1.57. The maximum absolute atomic E-state index is 11.8. The van der Waals surface area contributed by atoms with Gasteiger partial charge in [-0.3, -0.25) is 9.36 Å². The van der Waals surface area contributed by atoms with Crippen LogP contribution in [-0.4, -0.2) is 28.4 Å². The number of aromatic nitrogens is 2. The summed E-state index contributed by atoms with van der Waals surface area (Å²) >= 11 is 0. The van der Waals surface area contributed by atoms with E-state index in [4.69, 9.17) is 0 Å². The molecule has 0 aliphatic rings. The maximum atomic E-state index is 11.8. The Morgan fingerprint density at radius 2 is 2.00 bits per heavy atom.